The lowest BCUT2D eigenvalue weighted by molar-refractivity contribution is -0.153. The standard InChI is InChI=1S/C20H29F3N4O4/c1-4-30-19(28)27-9-7-15(8-10-27)26-18(24-2)25-12-14-5-6-16(17(11-14)29-3)31-13-20(21,22)23/h5-6,11,15H,4,7-10,12-13H2,1-3H3,(H2,24,25,26). The Balaban J connectivity index is 1.85. The monoisotopic (exact) mass is 446 g/mol. The maximum Gasteiger partial charge on any atom is 0.422 e. The van der Waals surface area contributed by atoms with Crippen molar-refractivity contribution in [1.29, 1.82) is 0 Å². The molecule has 1 aliphatic heterocycles. The summed E-state index contributed by atoms with van der Waals surface area (Å²) in [7, 11) is 3.02. The average Bonchev–Trinajstić information content (AvgIpc) is 2.75. The third-order valence-corrected chi connectivity index (χ3v) is 4.66. The Kier molecular flexibility index (Phi) is 9.07. The van der Waals surface area contributed by atoms with E-state index in [4.69, 9.17) is 14.2 Å². The van der Waals surface area contributed by atoms with Crippen molar-refractivity contribution in [3.63, 3.8) is 0 Å². The van der Waals surface area contributed by atoms with Crippen LogP contribution in [0.5, 0.6) is 11.5 Å². The van der Waals surface area contributed by atoms with E-state index < -0.39 is 12.8 Å². The Labute approximate surface area is 179 Å². The maximum absolute atomic E-state index is 12.4. The lowest BCUT2D eigenvalue weighted by Crippen LogP contribution is -2.49. The van der Waals surface area contributed by atoms with E-state index in [9.17, 15) is 18.0 Å². The van der Waals surface area contributed by atoms with Gasteiger partial charge in [-0.15, -0.1) is 0 Å². The normalized spacial score (nSPS) is 15.4. The molecule has 1 saturated heterocycles. The van der Waals surface area contributed by atoms with Gasteiger partial charge >= 0.3 is 12.3 Å². The van der Waals surface area contributed by atoms with Crippen LogP contribution < -0.4 is 20.1 Å². The summed E-state index contributed by atoms with van der Waals surface area (Å²) in [5, 5.41) is 6.50. The molecule has 1 amide bonds. The van der Waals surface area contributed by atoms with Gasteiger partial charge in [0.1, 0.15) is 0 Å². The molecule has 1 aromatic rings. The number of aliphatic imine (C=N–C) groups is 1. The molecule has 0 saturated carbocycles. The molecule has 0 aromatic heterocycles. The van der Waals surface area contributed by atoms with E-state index in [1.165, 1.54) is 13.2 Å². The number of halogens is 3. The molecule has 0 bridgehead atoms. The summed E-state index contributed by atoms with van der Waals surface area (Å²) >= 11 is 0. The molecule has 0 spiro atoms. The molecule has 31 heavy (non-hydrogen) atoms. The molecule has 8 nitrogen and oxygen atoms in total. The van der Waals surface area contributed by atoms with Gasteiger partial charge in [0.15, 0.2) is 24.1 Å². The van der Waals surface area contributed by atoms with E-state index in [-0.39, 0.29) is 23.6 Å². The largest absolute Gasteiger partial charge is 0.493 e. The number of benzene rings is 1. The molecule has 1 aliphatic rings. The highest BCUT2D eigenvalue weighted by Gasteiger charge is 2.29. The first-order chi connectivity index (χ1) is 14.8. The van der Waals surface area contributed by atoms with Crippen molar-refractivity contribution in [3.8, 4) is 11.5 Å². The summed E-state index contributed by atoms with van der Waals surface area (Å²) in [6, 6.07) is 4.88. The Hall–Kier alpha value is -2.85. The van der Waals surface area contributed by atoms with Crippen LogP contribution >= 0.6 is 0 Å². The van der Waals surface area contributed by atoms with Crippen LogP contribution in [-0.4, -0.2) is 69.6 Å². The highest BCUT2D eigenvalue weighted by Crippen LogP contribution is 2.29. The fraction of sp³-hybridized carbons (Fsp3) is 0.600. The van der Waals surface area contributed by atoms with Crippen molar-refractivity contribution in [2.24, 2.45) is 4.99 Å². The molecule has 2 rings (SSSR count). The minimum absolute atomic E-state index is 0.0273. The predicted molar refractivity (Wildman–Crippen MR) is 109 cm³/mol. The predicted octanol–water partition coefficient (Wildman–Crippen LogP) is 2.92. The van der Waals surface area contributed by atoms with E-state index in [1.807, 2.05) is 0 Å². The second-order valence-electron chi connectivity index (χ2n) is 6.92. The van der Waals surface area contributed by atoms with Gasteiger partial charge in [-0.3, -0.25) is 4.99 Å². The smallest absolute Gasteiger partial charge is 0.422 e. The van der Waals surface area contributed by atoms with Crippen LogP contribution in [0.3, 0.4) is 0 Å². The Bertz CT molecular complexity index is 750. The number of nitrogens with one attached hydrogen (secondary N) is 2. The van der Waals surface area contributed by atoms with Crippen LogP contribution in [0.4, 0.5) is 18.0 Å². The number of likely N-dealkylation sites (tertiary alicyclic amines) is 1. The first kappa shape index (κ1) is 24.4. The van der Waals surface area contributed by atoms with Crippen LogP contribution in [0.15, 0.2) is 23.2 Å². The molecule has 0 atom stereocenters. The molecule has 11 heteroatoms. The molecule has 0 radical (unpaired) electrons. The molecule has 1 aromatic carbocycles. The fourth-order valence-electron chi connectivity index (χ4n) is 3.10. The van der Waals surface area contributed by atoms with Crippen molar-refractivity contribution in [2.75, 3.05) is 40.5 Å². The van der Waals surface area contributed by atoms with Crippen molar-refractivity contribution >= 4 is 12.1 Å². The summed E-state index contributed by atoms with van der Waals surface area (Å²) in [5.74, 6) is 0.836. The number of carbonyl (C=O) groups excluding carboxylic acids is 1. The SMILES string of the molecule is CCOC(=O)N1CCC(NC(=NC)NCc2ccc(OCC(F)(F)F)c(OC)c2)CC1. The third-order valence-electron chi connectivity index (χ3n) is 4.66. The Morgan fingerprint density at radius 2 is 1.97 bits per heavy atom. The van der Waals surface area contributed by atoms with Crippen molar-refractivity contribution < 1.29 is 32.2 Å². The van der Waals surface area contributed by atoms with Crippen molar-refractivity contribution in [3.05, 3.63) is 23.8 Å². The Morgan fingerprint density at radius 3 is 2.55 bits per heavy atom. The number of hydrogen-bond acceptors (Lipinski definition) is 5. The molecular formula is C20H29F3N4O4. The van der Waals surface area contributed by atoms with Gasteiger partial charge < -0.3 is 29.7 Å². The molecule has 0 aliphatic carbocycles. The summed E-state index contributed by atoms with van der Waals surface area (Å²) in [4.78, 5) is 17.7. The number of rotatable bonds is 7. The maximum atomic E-state index is 12.4. The minimum atomic E-state index is -4.42. The molecular weight excluding hydrogens is 417 g/mol. The van der Waals surface area contributed by atoms with Gasteiger partial charge in [-0.2, -0.15) is 13.2 Å². The van der Waals surface area contributed by atoms with Crippen LogP contribution in [0.2, 0.25) is 0 Å². The number of methoxy groups -OCH3 is 1. The number of piperidine rings is 1. The van der Waals surface area contributed by atoms with Crippen LogP contribution in [0, 0.1) is 0 Å². The lowest BCUT2D eigenvalue weighted by Gasteiger charge is -2.32. The summed E-state index contributed by atoms with van der Waals surface area (Å²) in [6.07, 6.45) is -3.19. The fourth-order valence-corrected chi connectivity index (χ4v) is 3.10. The van der Waals surface area contributed by atoms with Crippen LogP contribution in [0.1, 0.15) is 25.3 Å². The zero-order valence-electron chi connectivity index (χ0n) is 17.9. The number of carbonyl (C=O) groups is 1. The van der Waals surface area contributed by atoms with Gasteiger partial charge in [0.05, 0.1) is 13.7 Å². The molecule has 1 fully saturated rings. The molecule has 2 N–H and O–H groups in total. The van der Waals surface area contributed by atoms with E-state index in [2.05, 4.69) is 15.6 Å². The number of ether oxygens (including phenoxy) is 3. The number of nitrogens with zero attached hydrogens (tertiary/aromatic N) is 2. The first-order valence-electron chi connectivity index (χ1n) is 10.0. The second kappa shape index (κ2) is 11.5. The number of alkyl halides is 3. The van der Waals surface area contributed by atoms with Gasteiger partial charge in [-0.05, 0) is 37.5 Å². The molecule has 1 heterocycles. The third kappa shape index (κ3) is 8.06. The van der Waals surface area contributed by atoms with Crippen LogP contribution in [0.25, 0.3) is 0 Å². The zero-order valence-corrected chi connectivity index (χ0v) is 17.9. The molecule has 0 unspecified atom stereocenters. The number of amides is 1. The van der Waals surface area contributed by atoms with E-state index in [1.54, 1.807) is 31.0 Å². The number of hydrogen-bond donors (Lipinski definition) is 2. The average molecular weight is 446 g/mol. The summed E-state index contributed by atoms with van der Waals surface area (Å²) in [6.45, 7) is 2.34. The van der Waals surface area contributed by atoms with E-state index >= 15 is 0 Å². The second-order valence-corrected chi connectivity index (χ2v) is 6.92. The zero-order chi connectivity index (χ0) is 22.9. The highest BCUT2D eigenvalue weighted by molar-refractivity contribution is 5.80. The summed E-state index contributed by atoms with van der Waals surface area (Å²) in [5.41, 5.74) is 0.788. The lowest BCUT2D eigenvalue weighted by atomic mass is 10.1. The van der Waals surface area contributed by atoms with Gasteiger partial charge in [0, 0.05) is 32.7 Å². The van der Waals surface area contributed by atoms with Gasteiger partial charge in [0.25, 0.3) is 0 Å². The van der Waals surface area contributed by atoms with Crippen molar-refractivity contribution in [2.45, 2.75) is 38.5 Å². The first-order valence-corrected chi connectivity index (χ1v) is 10.0. The van der Waals surface area contributed by atoms with Crippen LogP contribution in [-0.2, 0) is 11.3 Å². The van der Waals surface area contributed by atoms with Gasteiger partial charge in [-0.25, -0.2) is 4.79 Å². The van der Waals surface area contributed by atoms with Gasteiger partial charge in [0.2, 0.25) is 0 Å². The highest BCUT2D eigenvalue weighted by atomic mass is 19.4. The van der Waals surface area contributed by atoms with E-state index in [0.29, 0.717) is 32.2 Å². The van der Waals surface area contributed by atoms with Crippen molar-refractivity contribution in [1.82, 2.24) is 15.5 Å². The minimum Gasteiger partial charge on any atom is -0.493 e. The summed E-state index contributed by atoms with van der Waals surface area (Å²) < 4.78 is 52.1. The topological polar surface area (TPSA) is 84.4 Å². The van der Waals surface area contributed by atoms with Gasteiger partial charge in [-0.1, -0.05) is 6.07 Å². The Morgan fingerprint density at radius 1 is 1.26 bits per heavy atom. The molecule has 174 valence electrons. The number of guanidine groups is 1. The van der Waals surface area contributed by atoms with E-state index in [0.717, 1.165) is 18.4 Å². The quantitative estimate of drug-likeness (QED) is 0.495.